The lowest BCUT2D eigenvalue weighted by Crippen LogP contribution is -2.37. The van der Waals surface area contributed by atoms with Crippen molar-refractivity contribution in [1.29, 1.82) is 0 Å². The lowest BCUT2D eigenvalue weighted by atomic mass is 10.0. The van der Waals surface area contributed by atoms with Gasteiger partial charge >= 0.3 is 19.8 Å². The number of rotatable bonds is 59. The summed E-state index contributed by atoms with van der Waals surface area (Å²) in [6, 6.07) is 0. The predicted molar refractivity (Wildman–Crippen MR) is 344 cm³/mol. The number of hydrogen-bond acceptors (Lipinski definition) is 7. The number of esters is 2. The summed E-state index contributed by atoms with van der Waals surface area (Å²) in [5.41, 5.74) is 0. The number of carbonyl (C=O) groups is 2. The molecule has 0 fully saturated rings. The highest BCUT2D eigenvalue weighted by Crippen LogP contribution is 2.43. The first-order chi connectivity index (χ1) is 39.0. The van der Waals surface area contributed by atoms with Crippen LogP contribution in [-0.2, 0) is 32.7 Å². The molecule has 0 amide bonds. The van der Waals surface area contributed by atoms with Crippen LogP contribution in [0.3, 0.4) is 0 Å². The normalized spacial score (nSPS) is 13.9. The van der Waals surface area contributed by atoms with E-state index < -0.39 is 26.5 Å². The highest BCUT2D eigenvalue weighted by molar-refractivity contribution is 7.47. The van der Waals surface area contributed by atoms with Crippen molar-refractivity contribution in [2.24, 2.45) is 0 Å². The molecule has 0 heterocycles. The Hall–Kier alpha value is -3.33. The van der Waals surface area contributed by atoms with Crippen molar-refractivity contribution in [3.8, 4) is 0 Å². The van der Waals surface area contributed by atoms with Crippen LogP contribution in [0.2, 0.25) is 0 Å². The minimum Gasteiger partial charge on any atom is -0.462 e. The van der Waals surface area contributed by atoms with Gasteiger partial charge in [0.1, 0.15) is 19.8 Å². The highest BCUT2D eigenvalue weighted by atomic mass is 31.2. The summed E-state index contributed by atoms with van der Waals surface area (Å²) >= 11 is 0. The van der Waals surface area contributed by atoms with Crippen LogP contribution in [0, 0.1) is 0 Å². The third-order valence-electron chi connectivity index (χ3n) is 13.8. The molecule has 9 nitrogen and oxygen atoms in total. The number of quaternary nitrogens is 1. The Kier molecular flexibility index (Phi) is 57.8. The van der Waals surface area contributed by atoms with Gasteiger partial charge in [-0.05, 0) is 83.5 Å². The number of hydrogen-bond donors (Lipinski definition) is 1. The van der Waals surface area contributed by atoms with Crippen LogP contribution in [0.5, 0.6) is 0 Å². The molecule has 0 spiro atoms. The van der Waals surface area contributed by atoms with Crippen LogP contribution in [0.15, 0.2) is 109 Å². The molecule has 0 aliphatic heterocycles. The van der Waals surface area contributed by atoms with Crippen molar-refractivity contribution in [3.05, 3.63) is 109 Å². The Balaban J connectivity index is 4.11. The van der Waals surface area contributed by atoms with Gasteiger partial charge in [0.2, 0.25) is 0 Å². The first-order valence-corrected chi connectivity index (χ1v) is 34.1. The average molecular weight is 1140 g/mol. The van der Waals surface area contributed by atoms with Crippen LogP contribution in [0.1, 0.15) is 271 Å². The molecule has 0 aromatic heterocycles. The quantitative estimate of drug-likeness (QED) is 0.0211. The first-order valence-electron chi connectivity index (χ1n) is 32.6. The molecule has 0 aromatic carbocycles. The van der Waals surface area contributed by atoms with Crippen molar-refractivity contribution in [3.63, 3.8) is 0 Å². The summed E-state index contributed by atoms with van der Waals surface area (Å²) < 4.78 is 34.6. The standard InChI is InChI=1S/C70H122NO8P/c1-6-8-10-12-14-16-18-20-22-24-26-27-28-29-30-31-32-33-34-35-36-37-38-39-40-41-42-43-45-47-49-51-53-55-57-59-61-63-70(73)79-68(67-78-80(74,75)77-65-64-71(3,4)5)66-76-69(72)62-60-58-56-54-52-50-48-46-44-25-23-21-19-17-15-13-11-9-7-2/h8,10,14,16,20,22,26-27,29-30,32-33,35-36,38-39,41-42,68H,6-7,9,11-13,15,17-19,21,23-25,28,31,34,37,40,43-67H2,1-5H3/p+1/b10-8-,16-14-,22-20-,27-26-,30-29-,33-32-,36-35-,39-38-,42-41-. The Morgan fingerprint density at radius 1 is 0.400 bits per heavy atom. The maximum Gasteiger partial charge on any atom is 0.472 e. The van der Waals surface area contributed by atoms with E-state index in [4.69, 9.17) is 18.5 Å². The van der Waals surface area contributed by atoms with Crippen molar-refractivity contribution >= 4 is 19.8 Å². The van der Waals surface area contributed by atoms with Gasteiger partial charge in [0.25, 0.3) is 0 Å². The summed E-state index contributed by atoms with van der Waals surface area (Å²) in [6.45, 7) is 4.33. The molecule has 0 bridgehead atoms. The SMILES string of the molecule is CC/C=C\C/C=C\C/C=C\C/C=C\C/C=C\C/C=C\C/C=C\C/C=C\C/C=C\CCCCCCCCCCCC(=O)OC(COC(=O)CCCCCCCCCCCCCCCCCCCCC)COP(=O)(O)OCC[N+](C)(C)C. The second kappa shape index (κ2) is 60.3. The monoisotopic (exact) mass is 1140 g/mol. The Labute approximate surface area is 493 Å². The van der Waals surface area contributed by atoms with E-state index in [1.165, 1.54) is 135 Å². The molecule has 10 heteroatoms. The molecule has 1 N–H and O–H groups in total. The fourth-order valence-electron chi connectivity index (χ4n) is 8.83. The molecule has 0 saturated heterocycles. The molecule has 2 atom stereocenters. The molecule has 0 saturated carbocycles. The summed E-state index contributed by atoms with van der Waals surface area (Å²) in [7, 11) is 1.47. The molecular formula is C70H123NO8P+. The Morgan fingerprint density at radius 2 is 0.713 bits per heavy atom. The number of phosphoric ester groups is 1. The summed E-state index contributed by atoms with van der Waals surface area (Å²) in [5.74, 6) is -0.800. The van der Waals surface area contributed by atoms with Crippen LogP contribution < -0.4 is 0 Å². The van der Waals surface area contributed by atoms with Crippen LogP contribution in [-0.4, -0.2) is 74.9 Å². The van der Waals surface area contributed by atoms with E-state index >= 15 is 0 Å². The highest BCUT2D eigenvalue weighted by Gasteiger charge is 2.27. The Bertz CT molecular complexity index is 1720. The minimum atomic E-state index is -4.39. The number of allylic oxidation sites excluding steroid dienone is 18. The zero-order valence-corrected chi connectivity index (χ0v) is 53.2. The van der Waals surface area contributed by atoms with Gasteiger partial charge in [-0.15, -0.1) is 0 Å². The third-order valence-corrected chi connectivity index (χ3v) is 14.8. The van der Waals surface area contributed by atoms with Crippen molar-refractivity contribution in [2.45, 2.75) is 277 Å². The maximum atomic E-state index is 12.8. The van der Waals surface area contributed by atoms with Crippen LogP contribution in [0.25, 0.3) is 0 Å². The molecule has 0 aliphatic rings. The lowest BCUT2D eigenvalue weighted by Gasteiger charge is -2.24. The van der Waals surface area contributed by atoms with Gasteiger partial charge in [-0.3, -0.25) is 18.6 Å². The summed E-state index contributed by atoms with van der Waals surface area (Å²) in [6.07, 6.45) is 84.6. The number of carbonyl (C=O) groups excluding carboxylic acids is 2. The fraction of sp³-hybridized carbons (Fsp3) is 0.714. The smallest absolute Gasteiger partial charge is 0.462 e. The summed E-state index contributed by atoms with van der Waals surface area (Å²) in [4.78, 5) is 35.8. The van der Waals surface area contributed by atoms with E-state index in [0.717, 1.165) is 103 Å². The second-order valence-corrected chi connectivity index (χ2v) is 24.2. The molecule has 0 aromatic rings. The molecule has 0 radical (unpaired) electrons. The van der Waals surface area contributed by atoms with Gasteiger partial charge in [-0.25, -0.2) is 4.57 Å². The van der Waals surface area contributed by atoms with Crippen LogP contribution >= 0.6 is 7.82 Å². The number of ether oxygens (including phenoxy) is 2. The van der Waals surface area contributed by atoms with Gasteiger partial charge in [-0.2, -0.15) is 0 Å². The largest absolute Gasteiger partial charge is 0.472 e. The lowest BCUT2D eigenvalue weighted by molar-refractivity contribution is -0.870. The second-order valence-electron chi connectivity index (χ2n) is 22.8. The van der Waals surface area contributed by atoms with E-state index in [9.17, 15) is 19.0 Å². The van der Waals surface area contributed by atoms with Gasteiger partial charge in [0.15, 0.2) is 6.10 Å². The number of nitrogens with zero attached hydrogens (tertiary/aromatic N) is 1. The molecule has 460 valence electrons. The van der Waals surface area contributed by atoms with Crippen molar-refractivity contribution in [2.75, 3.05) is 47.5 Å². The zero-order valence-electron chi connectivity index (χ0n) is 52.3. The first kappa shape index (κ1) is 76.7. The predicted octanol–water partition coefficient (Wildman–Crippen LogP) is 20.9. The zero-order chi connectivity index (χ0) is 58.4. The van der Waals surface area contributed by atoms with Gasteiger partial charge < -0.3 is 18.9 Å². The topological polar surface area (TPSA) is 108 Å². The van der Waals surface area contributed by atoms with Gasteiger partial charge in [0, 0.05) is 12.8 Å². The molecule has 0 aliphatic carbocycles. The summed E-state index contributed by atoms with van der Waals surface area (Å²) in [5, 5.41) is 0. The number of phosphoric acid groups is 1. The molecule has 80 heavy (non-hydrogen) atoms. The average Bonchev–Trinajstić information content (AvgIpc) is 3.42. The van der Waals surface area contributed by atoms with Crippen LogP contribution in [0.4, 0.5) is 0 Å². The van der Waals surface area contributed by atoms with Crippen molar-refractivity contribution < 1.29 is 42.1 Å². The molecule has 0 rings (SSSR count). The van der Waals surface area contributed by atoms with E-state index in [1.54, 1.807) is 0 Å². The van der Waals surface area contributed by atoms with Crippen molar-refractivity contribution in [1.82, 2.24) is 0 Å². The third kappa shape index (κ3) is 63.8. The van der Waals surface area contributed by atoms with Gasteiger partial charge in [-0.1, -0.05) is 284 Å². The molecular weight excluding hydrogens is 1010 g/mol. The minimum absolute atomic E-state index is 0.0274. The molecule has 2 unspecified atom stereocenters. The maximum absolute atomic E-state index is 12.8. The Morgan fingerprint density at radius 3 is 1.06 bits per heavy atom. The van der Waals surface area contributed by atoms with E-state index in [0.29, 0.717) is 17.4 Å². The van der Waals surface area contributed by atoms with E-state index in [1.807, 2.05) is 21.1 Å². The van der Waals surface area contributed by atoms with E-state index in [-0.39, 0.29) is 32.0 Å². The fourth-order valence-corrected chi connectivity index (χ4v) is 9.57. The van der Waals surface area contributed by atoms with Gasteiger partial charge in [0.05, 0.1) is 27.7 Å². The van der Waals surface area contributed by atoms with E-state index in [2.05, 4.69) is 123 Å². The number of unbranched alkanes of at least 4 members (excludes halogenated alkanes) is 27. The number of likely N-dealkylation sites (N-methyl/N-ethyl adjacent to an activating group) is 1.